The highest BCUT2D eigenvalue weighted by atomic mass is 16.1. The van der Waals surface area contributed by atoms with E-state index >= 15 is 0 Å². The number of rotatable bonds is 5. The third-order valence-electron chi connectivity index (χ3n) is 7.14. The SMILES string of the molecule is CC(C)N1CCCCC(Cc2ccc3cc(-c4cc(-c5ccncc5)n[nH]c4=O)[nH]c3c2)CC1. The van der Waals surface area contributed by atoms with E-state index in [-0.39, 0.29) is 5.56 Å². The van der Waals surface area contributed by atoms with E-state index in [9.17, 15) is 4.79 Å². The van der Waals surface area contributed by atoms with Gasteiger partial charge in [0, 0.05) is 34.9 Å². The number of aromatic nitrogens is 4. The van der Waals surface area contributed by atoms with Gasteiger partial charge in [-0.05, 0) is 88.0 Å². The Morgan fingerprint density at radius 3 is 2.71 bits per heavy atom. The van der Waals surface area contributed by atoms with Gasteiger partial charge in [-0.2, -0.15) is 5.10 Å². The van der Waals surface area contributed by atoms with Gasteiger partial charge < -0.3 is 9.88 Å². The van der Waals surface area contributed by atoms with Crippen molar-refractivity contribution in [2.75, 3.05) is 13.1 Å². The van der Waals surface area contributed by atoms with Crippen LogP contribution in [0.3, 0.4) is 0 Å². The average molecular weight is 456 g/mol. The van der Waals surface area contributed by atoms with E-state index in [1.165, 1.54) is 44.3 Å². The molecule has 6 nitrogen and oxygen atoms in total. The topological polar surface area (TPSA) is 77.7 Å². The van der Waals surface area contributed by atoms with Gasteiger partial charge in [-0.25, -0.2) is 5.10 Å². The Balaban J connectivity index is 1.38. The standard InChI is InChI=1S/C28H33N5O/c1-19(2)33-13-4-3-5-20(10-14-33)15-21-6-7-23-17-27(30-25(23)16-21)24-18-26(31-32-28(24)34)22-8-11-29-12-9-22/h6-9,11-12,16-20,30H,3-5,10,13-15H2,1-2H3,(H,32,34). The average Bonchev–Trinajstić information content (AvgIpc) is 3.25. The van der Waals surface area contributed by atoms with E-state index in [1.807, 2.05) is 18.2 Å². The molecule has 0 amide bonds. The van der Waals surface area contributed by atoms with E-state index < -0.39 is 0 Å². The molecule has 1 atom stereocenters. The van der Waals surface area contributed by atoms with E-state index in [0.29, 0.717) is 11.6 Å². The summed E-state index contributed by atoms with van der Waals surface area (Å²) in [5, 5.41) is 7.98. The van der Waals surface area contributed by atoms with Crippen molar-refractivity contribution in [3.05, 3.63) is 70.8 Å². The molecule has 0 bridgehead atoms. The molecule has 0 aliphatic carbocycles. The molecule has 34 heavy (non-hydrogen) atoms. The minimum absolute atomic E-state index is 0.200. The number of hydrogen-bond acceptors (Lipinski definition) is 4. The molecule has 1 aliphatic heterocycles. The predicted octanol–water partition coefficient (Wildman–Crippen LogP) is 5.42. The Labute approximate surface area is 200 Å². The smallest absolute Gasteiger partial charge is 0.273 e. The lowest BCUT2D eigenvalue weighted by Gasteiger charge is -2.31. The fourth-order valence-electron chi connectivity index (χ4n) is 5.13. The third kappa shape index (κ3) is 4.97. The summed E-state index contributed by atoms with van der Waals surface area (Å²) in [6.07, 6.45) is 9.74. The highest BCUT2D eigenvalue weighted by Gasteiger charge is 2.18. The van der Waals surface area contributed by atoms with Crippen LogP contribution in [0.1, 0.15) is 45.1 Å². The lowest BCUT2D eigenvalue weighted by atomic mass is 9.89. The van der Waals surface area contributed by atoms with Gasteiger partial charge in [-0.15, -0.1) is 0 Å². The number of nitrogens with zero attached hydrogens (tertiary/aromatic N) is 3. The van der Waals surface area contributed by atoms with Gasteiger partial charge >= 0.3 is 0 Å². The second-order valence-electron chi connectivity index (χ2n) is 9.82. The number of likely N-dealkylation sites (tertiary alicyclic amines) is 1. The normalized spacial score (nSPS) is 17.7. The van der Waals surface area contributed by atoms with Crippen LogP contribution < -0.4 is 5.56 Å². The third-order valence-corrected chi connectivity index (χ3v) is 7.14. The zero-order chi connectivity index (χ0) is 23.5. The van der Waals surface area contributed by atoms with Crippen LogP contribution in [-0.2, 0) is 6.42 Å². The van der Waals surface area contributed by atoms with Gasteiger partial charge in [0.15, 0.2) is 0 Å². The molecule has 1 fully saturated rings. The first-order valence-corrected chi connectivity index (χ1v) is 12.4. The van der Waals surface area contributed by atoms with E-state index in [2.05, 4.69) is 63.2 Å². The summed E-state index contributed by atoms with van der Waals surface area (Å²) in [5.74, 6) is 0.722. The highest BCUT2D eigenvalue weighted by Crippen LogP contribution is 2.28. The number of hydrogen-bond donors (Lipinski definition) is 2. The number of fused-ring (bicyclic) bond motifs is 1. The maximum atomic E-state index is 12.6. The quantitative estimate of drug-likeness (QED) is 0.421. The highest BCUT2D eigenvalue weighted by molar-refractivity contribution is 5.86. The number of pyridine rings is 1. The Bertz CT molecular complexity index is 1310. The number of nitrogens with one attached hydrogen (secondary N) is 2. The molecule has 5 rings (SSSR count). The van der Waals surface area contributed by atoms with Crippen molar-refractivity contribution in [1.82, 2.24) is 25.1 Å². The largest absolute Gasteiger partial charge is 0.354 e. The van der Waals surface area contributed by atoms with Crippen LogP contribution in [0.25, 0.3) is 33.4 Å². The van der Waals surface area contributed by atoms with E-state index in [0.717, 1.165) is 40.2 Å². The molecule has 6 heteroatoms. The molecule has 1 unspecified atom stereocenters. The van der Waals surface area contributed by atoms with Crippen molar-refractivity contribution in [2.45, 2.75) is 52.0 Å². The molecular weight excluding hydrogens is 422 g/mol. The summed E-state index contributed by atoms with van der Waals surface area (Å²) < 4.78 is 0. The molecule has 3 aromatic heterocycles. The van der Waals surface area contributed by atoms with Crippen LogP contribution in [0.5, 0.6) is 0 Å². The van der Waals surface area contributed by atoms with E-state index in [4.69, 9.17) is 0 Å². The van der Waals surface area contributed by atoms with Crippen molar-refractivity contribution >= 4 is 10.9 Å². The van der Waals surface area contributed by atoms with E-state index in [1.54, 1.807) is 12.4 Å². The predicted molar refractivity (Wildman–Crippen MR) is 138 cm³/mol. The Morgan fingerprint density at radius 2 is 1.88 bits per heavy atom. The lowest BCUT2D eigenvalue weighted by Crippen LogP contribution is -2.35. The van der Waals surface area contributed by atoms with Gasteiger partial charge in [-0.1, -0.05) is 25.0 Å². The maximum Gasteiger partial charge on any atom is 0.273 e. The van der Waals surface area contributed by atoms with Gasteiger partial charge in [0.05, 0.1) is 17.0 Å². The lowest BCUT2D eigenvalue weighted by molar-refractivity contribution is 0.181. The van der Waals surface area contributed by atoms with Gasteiger partial charge in [0.1, 0.15) is 0 Å². The fourth-order valence-corrected chi connectivity index (χ4v) is 5.13. The molecule has 0 spiro atoms. The summed E-state index contributed by atoms with van der Waals surface area (Å²) in [6.45, 7) is 7.04. The van der Waals surface area contributed by atoms with Gasteiger partial charge in [0.25, 0.3) is 5.56 Å². The van der Waals surface area contributed by atoms with Crippen LogP contribution >= 0.6 is 0 Å². The summed E-state index contributed by atoms with van der Waals surface area (Å²) in [5.41, 5.74) is 5.27. The summed E-state index contributed by atoms with van der Waals surface area (Å²) in [4.78, 5) is 22.8. The molecule has 0 radical (unpaired) electrons. The molecule has 1 aromatic carbocycles. The monoisotopic (exact) mass is 455 g/mol. The maximum absolute atomic E-state index is 12.6. The van der Waals surface area contributed by atoms with Crippen LogP contribution in [0.2, 0.25) is 0 Å². The Morgan fingerprint density at radius 1 is 1.03 bits per heavy atom. The molecule has 1 aliphatic rings. The molecule has 2 N–H and O–H groups in total. The van der Waals surface area contributed by atoms with Gasteiger partial charge in [-0.3, -0.25) is 9.78 Å². The first kappa shape index (κ1) is 22.5. The minimum atomic E-state index is -0.200. The molecule has 0 saturated carbocycles. The number of benzene rings is 1. The second kappa shape index (κ2) is 9.94. The van der Waals surface area contributed by atoms with Crippen molar-refractivity contribution in [3.63, 3.8) is 0 Å². The van der Waals surface area contributed by atoms with Crippen LogP contribution in [0.15, 0.2) is 59.7 Å². The van der Waals surface area contributed by atoms with Crippen molar-refractivity contribution in [2.24, 2.45) is 5.92 Å². The molecule has 1 saturated heterocycles. The van der Waals surface area contributed by atoms with Crippen molar-refractivity contribution in [3.8, 4) is 22.5 Å². The minimum Gasteiger partial charge on any atom is -0.354 e. The fraction of sp³-hybridized carbons (Fsp3) is 0.393. The second-order valence-corrected chi connectivity index (χ2v) is 9.82. The zero-order valence-corrected chi connectivity index (χ0v) is 20.1. The number of H-pyrrole nitrogens is 2. The molecule has 4 heterocycles. The summed E-state index contributed by atoms with van der Waals surface area (Å²) in [6, 6.07) is 15.0. The first-order valence-electron chi connectivity index (χ1n) is 12.4. The first-order chi connectivity index (χ1) is 16.6. The number of aromatic amines is 2. The molecule has 4 aromatic rings. The molecular formula is C28H33N5O. The zero-order valence-electron chi connectivity index (χ0n) is 20.1. The van der Waals surface area contributed by atoms with Gasteiger partial charge in [0.2, 0.25) is 0 Å². The van der Waals surface area contributed by atoms with Crippen LogP contribution in [0.4, 0.5) is 0 Å². The van der Waals surface area contributed by atoms with Crippen LogP contribution in [-0.4, -0.2) is 44.2 Å². The summed E-state index contributed by atoms with van der Waals surface area (Å²) in [7, 11) is 0. The van der Waals surface area contributed by atoms with Crippen molar-refractivity contribution < 1.29 is 0 Å². The summed E-state index contributed by atoms with van der Waals surface area (Å²) >= 11 is 0. The Kier molecular flexibility index (Phi) is 6.59. The molecule has 176 valence electrons. The van der Waals surface area contributed by atoms with Crippen LogP contribution in [0, 0.1) is 5.92 Å². The Hall–Kier alpha value is -3.25. The van der Waals surface area contributed by atoms with Crippen molar-refractivity contribution in [1.29, 1.82) is 0 Å².